The Morgan fingerprint density at radius 2 is 2.00 bits per heavy atom. The second-order valence-electron chi connectivity index (χ2n) is 5.13. The molecule has 1 saturated carbocycles. The molecular weight excluding hydrogens is 256 g/mol. The number of thioether (sulfide) groups is 1. The maximum absolute atomic E-state index is 5.54. The van der Waals surface area contributed by atoms with E-state index < -0.39 is 0 Å². The molecule has 5 heteroatoms. The standard InChI is InChI=1S/C14H24N4S/c1-3-12-10(2)14(18-15)17-13(16-12)9-19-11-7-5-4-6-8-11/h11H,3-9,15H2,1-2H3,(H,16,17,18). The Bertz CT molecular complexity index is 391. The number of aromatic nitrogens is 2. The van der Waals surface area contributed by atoms with E-state index in [1.54, 1.807) is 0 Å². The fourth-order valence-electron chi connectivity index (χ4n) is 2.59. The molecule has 0 atom stereocenters. The summed E-state index contributed by atoms with van der Waals surface area (Å²) in [5.41, 5.74) is 4.85. The van der Waals surface area contributed by atoms with Crippen LogP contribution in [0.25, 0.3) is 0 Å². The average molecular weight is 280 g/mol. The van der Waals surface area contributed by atoms with Crippen LogP contribution in [0.4, 0.5) is 5.82 Å². The maximum Gasteiger partial charge on any atom is 0.146 e. The van der Waals surface area contributed by atoms with Crippen LogP contribution in [0.15, 0.2) is 0 Å². The van der Waals surface area contributed by atoms with Crippen molar-refractivity contribution >= 4 is 17.6 Å². The predicted molar refractivity (Wildman–Crippen MR) is 82.1 cm³/mol. The summed E-state index contributed by atoms with van der Waals surface area (Å²) < 4.78 is 0. The molecule has 1 fully saturated rings. The molecule has 0 bridgehead atoms. The molecule has 3 N–H and O–H groups in total. The van der Waals surface area contributed by atoms with E-state index in [0.29, 0.717) is 0 Å². The highest BCUT2D eigenvalue weighted by atomic mass is 32.2. The molecule has 0 unspecified atom stereocenters. The summed E-state index contributed by atoms with van der Waals surface area (Å²) in [7, 11) is 0. The predicted octanol–water partition coefficient (Wildman–Crippen LogP) is 3.20. The number of anilines is 1. The summed E-state index contributed by atoms with van der Waals surface area (Å²) >= 11 is 2.00. The Hall–Kier alpha value is -0.810. The molecular formula is C14H24N4S. The zero-order chi connectivity index (χ0) is 13.7. The molecule has 0 amide bonds. The third-order valence-corrected chi connectivity index (χ3v) is 5.13. The number of nitrogen functional groups attached to an aromatic ring is 1. The van der Waals surface area contributed by atoms with Crippen molar-refractivity contribution in [2.75, 3.05) is 5.43 Å². The van der Waals surface area contributed by atoms with Gasteiger partial charge < -0.3 is 5.43 Å². The summed E-state index contributed by atoms with van der Waals surface area (Å²) in [6.45, 7) is 4.14. The van der Waals surface area contributed by atoms with Gasteiger partial charge in [-0.3, -0.25) is 0 Å². The highest BCUT2D eigenvalue weighted by molar-refractivity contribution is 7.99. The van der Waals surface area contributed by atoms with Crippen LogP contribution in [0, 0.1) is 6.92 Å². The minimum atomic E-state index is 0.770. The second-order valence-corrected chi connectivity index (χ2v) is 6.42. The molecule has 0 radical (unpaired) electrons. The zero-order valence-electron chi connectivity index (χ0n) is 11.9. The Balaban J connectivity index is 2.02. The van der Waals surface area contributed by atoms with E-state index in [1.165, 1.54) is 32.1 Å². The molecule has 1 aliphatic carbocycles. The number of hydrogen-bond acceptors (Lipinski definition) is 5. The van der Waals surface area contributed by atoms with Gasteiger partial charge in [-0.2, -0.15) is 11.8 Å². The zero-order valence-corrected chi connectivity index (χ0v) is 12.7. The fourth-order valence-corrected chi connectivity index (χ4v) is 3.77. The summed E-state index contributed by atoms with van der Waals surface area (Å²) in [6, 6.07) is 0. The normalized spacial score (nSPS) is 16.6. The lowest BCUT2D eigenvalue weighted by Crippen LogP contribution is -2.14. The Kier molecular flexibility index (Phi) is 5.45. The molecule has 2 rings (SSSR count). The Morgan fingerprint density at radius 3 is 2.63 bits per heavy atom. The molecule has 4 nitrogen and oxygen atoms in total. The second kappa shape index (κ2) is 7.10. The van der Waals surface area contributed by atoms with Crippen molar-refractivity contribution in [2.45, 2.75) is 63.4 Å². The number of nitrogens with zero attached hydrogens (tertiary/aromatic N) is 2. The van der Waals surface area contributed by atoms with E-state index in [0.717, 1.165) is 40.3 Å². The molecule has 1 aliphatic rings. The van der Waals surface area contributed by atoms with Gasteiger partial charge in [0.25, 0.3) is 0 Å². The van der Waals surface area contributed by atoms with Crippen LogP contribution < -0.4 is 11.3 Å². The highest BCUT2D eigenvalue weighted by Crippen LogP contribution is 2.30. The molecule has 19 heavy (non-hydrogen) atoms. The number of hydrogen-bond donors (Lipinski definition) is 2. The van der Waals surface area contributed by atoms with E-state index in [9.17, 15) is 0 Å². The summed E-state index contributed by atoms with van der Waals surface area (Å²) in [6.07, 6.45) is 7.77. The molecule has 0 aliphatic heterocycles. The molecule has 1 aromatic heterocycles. The number of aryl methyl sites for hydroxylation is 1. The van der Waals surface area contributed by atoms with Gasteiger partial charge in [-0.1, -0.05) is 26.2 Å². The van der Waals surface area contributed by atoms with Crippen LogP contribution in [0.3, 0.4) is 0 Å². The van der Waals surface area contributed by atoms with Gasteiger partial charge in [-0.15, -0.1) is 0 Å². The molecule has 1 heterocycles. The molecule has 0 aromatic carbocycles. The molecule has 106 valence electrons. The first-order chi connectivity index (χ1) is 9.24. The number of rotatable bonds is 5. The molecule has 0 spiro atoms. The fraction of sp³-hybridized carbons (Fsp3) is 0.714. The first kappa shape index (κ1) is 14.6. The van der Waals surface area contributed by atoms with Crippen LogP contribution >= 0.6 is 11.8 Å². The van der Waals surface area contributed by atoms with Crippen LogP contribution in [-0.4, -0.2) is 15.2 Å². The summed E-state index contributed by atoms with van der Waals surface area (Å²) in [5, 5.41) is 0.790. The number of nitrogens with one attached hydrogen (secondary N) is 1. The van der Waals surface area contributed by atoms with Crippen LogP contribution in [0.1, 0.15) is 56.1 Å². The largest absolute Gasteiger partial charge is 0.308 e. The van der Waals surface area contributed by atoms with Crippen molar-refractivity contribution in [1.29, 1.82) is 0 Å². The summed E-state index contributed by atoms with van der Waals surface area (Å²) in [4.78, 5) is 9.17. The highest BCUT2D eigenvalue weighted by Gasteiger charge is 2.15. The van der Waals surface area contributed by atoms with Gasteiger partial charge >= 0.3 is 0 Å². The van der Waals surface area contributed by atoms with Crippen LogP contribution in [0.5, 0.6) is 0 Å². The van der Waals surface area contributed by atoms with Crippen LogP contribution in [-0.2, 0) is 12.2 Å². The monoisotopic (exact) mass is 280 g/mol. The first-order valence-electron chi connectivity index (χ1n) is 7.19. The van der Waals surface area contributed by atoms with Crippen molar-refractivity contribution in [3.05, 3.63) is 17.1 Å². The third-order valence-electron chi connectivity index (χ3n) is 3.76. The van der Waals surface area contributed by atoms with Crippen molar-refractivity contribution < 1.29 is 0 Å². The van der Waals surface area contributed by atoms with Crippen molar-refractivity contribution in [2.24, 2.45) is 5.84 Å². The minimum absolute atomic E-state index is 0.770. The van der Waals surface area contributed by atoms with Gasteiger partial charge in [-0.05, 0) is 26.2 Å². The maximum atomic E-state index is 5.54. The number of hydrazine groups is 1. The topological polar surface area (TPSA) is 63.8 Å². The van der Waals surface area contributed by atoms with Crippen molar-refractivity contribution in [3.8, 4) is 0 Å². The molecule has 1 aromatic rings. The van der Waals surface area contributed by atoms with Crippen molar-refractivity contribution in [3.63, 3.8) is 0 Å². The van der Waals surface area contributed by atoms with Gasteiger partial charge in [0.05, 0.1) is 5.75 Å². The smallest absolute Gasteiger partial charge is 0.146 e. The lowest BCUT2D eigenvalue weighted by molar-refractivity contribution is 0.516. The third kappa shape index (κ3) is 3.83. The van der Waals surface area contributed by atoms with E-state index in [2.05, 4.69) is 22.3 Å². The van der Waals surface area contributed by atoms with Gasteiger partial charge in [0.1, 0.15) is 11.6 Å². The van der Waals surface area contributed by atoms with Crippen LogP contribution in [0.2, 0.25) is 0 Å². The number of nitrogens with two attached hydrogens (primary N) is 1. The lowest BCUT2D eigenvalue weighted by atomic mass is 10.0. The van der Waals surface area contributed by atoms with E-state index in [-0.39, 0.29) is 0 Å². The van der Waals surface area contributed by atoms with Gasteiger partial charge in [0, 0.05) is 16.5 Å². The molecule has 0 saturated heterocycles. The Labute approximate surface area is 119 Å². The van der Waals surface area contributed by atoms with Gasteiger partial charge in [0.2, 0.25) is 0 Å². The van der Waals surface area contributed by atoms with Gasteiger partial charge in [-0.25, -0.2) is 15.8 Å². The first-order valence-corrected chi connectivity index (χ1v) is 8.24. The SMILES string of the molecule is CCc1nc(CSC2CCCCC2)nc(NN)c1C. The van der Waals surface area contributed by atoms with E-state index in [4.69, 9.17) is 5.84 Å². The average Bonchev–Trinajstić information content (AvgIpc) is 2.47. The van der Waals surface area contributed by atoms with Gasteiger partial charge in [0.15, 0.2) is 0 Å². The summed E-state index contributed by atoms with van der Waals surface area (Å²) in [5.74, 6) is 8.11. The quantitative estimate of drug-likeness (QED) is 0.640. The minimum Gasteiger partial charge on any atom is -0.308 e. The Morgan fingerprint density at radius 1 is 1.26 bits per heavy atom. The van der Waals surface area contributed by atoms with E-state index in [1.807, 2.05) is 18.7 Å². The lowest BCUT2D eigenvalue weighted by Gasteiger charge is -2.20. The van der Waals surface area contributed by atoms with E-state index >= 15 is 0 Å². The van der Waals surface area contributed by atoms with Crippen molar-refractivity contribution in [1.82, 2.24) is 9.97 Å².